The van der Waals surface area contributed by atoms with Crippen molar-refractivity contribution in [3.05, 3.63) is 101 Å². The number of ketones is 1. The molecule has 0 atom stereocenters. The molecular weight excluding hydrogens is 432 g/mol. The number of rotatable bonds is 7. The van der Waals surface area contributed by atoms with E-state index in [1.807, 2.05) is 0 Å². The topological polar surface area (TPSA) is 81.7 Å². The largest absolute Gasteiger partial charge is 0.484 e. The molecule has 1 amide bonds. The zero-order chi connectivity index (χ0) is 23.4. The molecule has 0 bridgehead atoms. The average molecular weight is 449 g/mol. The zero-order valence-corrected chi connectivity index (χ0v) is 17.1. The van der Waals surface area contributed by atoms with Crippen molar-refractivity contribution in [2.75, 3.05) is 11.9 Å². The number of amides is 1. The van der Waals surface area contributed by atoms with Crippen molar-refractivity contribution in [2.45, 2.75) is 6.61 Å². The summed E-state index contributed by atoms with van der Waals surface area (Å²) in [4.78, 5) is 35.9. The molecule has 1 N–H and O–H groups in total. The van der Waals surface area contributed by atoms with Gasteiger partial charge in [0, 0.05) is 22.4 Å². The number of hydrogen-bond donors (Lipinski definition) is 1. The first-order valence-corrected chi connectivity index (χ1v) is 9.90. The number of nitrogens with one attached hydrogen (secondary N) is 1. The smallest absolute Gasteiger partial charge is 0.338 e. The van der Waals surface area contributed by atoms with Crippen LogP contribution >= 0.6 is 0 Å². The summed E-state index contributed by atoms with van der Waals surface area (Å²) >= 11 is 0. The van der Waals surface area contributed by atoms with Crippen LogP contribution in [0.4, 0.5) is 14.5 Å². The van der Waals surface area contributed by atoms with E-state index in [1.54, 1.807) is 18.2 Å². The van der Waals surface area contributed by atoms with E-state index in [9.17, 15) is 23.2 Å². The van der Waals surface area contributed by atoms with E-state index in [1.165, 1.54) is 30.3 Å². The van der Waals surface area contributed by atoms with Crippen molar-refractivity contribution < 1.29 is 32.6 Å². The number of allylic oxidation sites excluding steroid dienone is 1. The minimum absolute atomic E-state index is 0.171. The van der Waals surface area contributed by atoms with E-state index in [2.05, 4.69) is 5.32 Å². The lowest BCUT2D eigenvalue weighted by Crippen LogP contribution is -2.20. The Morgan fingerprint density at radius 2 is 1.76 bits per heavy atom. The van der Waals surface area contributed by atoms with E-state index < -0.39 is 23.3 Å². The highest BCUT2D eigenvalue weighted by atomic mass is 19.1. The molecule has 0 saturated heterocycles. The lowest BCUT2D eigenvalue weighted by Gasteiger charge is -2.08. The van der Waals surface area contributed by atoms with Gasteiger partial charge in [0.05, 0.1) is 5.56 Å². The van der Waals surface area contributed by atoms with Crippen molar-refractivity contribution >= 4 is 29.4 Å². The van der Waals surface area contributed by atoms with Crippen LogP contribution in [0.3, 0.4) is 0 Å². The molecule has 1 heterocycles. The molecule has 3 aromatic carbocycles. The SMILES string of the molecule is O=C(COc1ccc(C(=O)/C=C/c2c(F)cccc2F)cc1)Nc1ccc2c(c1)COC2=O. The fourth-order valence-corrected chi connectivity index (χ4v) is 3.20. The van der Waals surface area contributed by atoms with Crippen LogP contribution < -0.4 is 10.1 Å². The monoisotopic (exact) mass is 449 g/mol. The minimum atomic E-state index is -0.761. The predicted octanol–water partition coefficient (Wildman–Crippen LogP) is 4.55. The Kier molecular flexibility index (Phi) is 6.26. The van der Waals surface area contributed by atoms with Gasteiger partial charge in [0.25, 0.3) is 5.91 Å². The number of carbonyl (C=O) groups excluding carboxylic acids is 3. The van der Waals surface area contributed by atoms with Gasteiger partial charge in [0.2, 0.25) is 0 Å². The number of anilines is 1. The first kappa shape index (κ1) is 21.9. The van der Waals surface area contributed by atoms with Gasteiger partial charge in [-0.05, 0) is 66.7 Å². The minimum Gasteiger partial charge on any atom is -0.484 e. The molecule has 0 unspecified atom stereocenters. The summed E-state index contributed by atoms with van der Waals surface area (Å²) in [6.45, 7) is -0.101. The van der Waals surface area contributed by atoms with Crippen LogP contribution in [0.1, 0.15) is 31.8 Å². The van der Waals surface area contributed by atoms with E-state index >= 15 is 0 Å². The van der Waals surface area contributed by atoms with Gasteiger partial charge in [-0.2, -0.15) is 0 Å². The number of cyclic esters (lactones) is 1. The fraction of sp³-hybridized carbons (Fsp3) is 0.0800. The number of hydrogen-bond acceptors (Lipinski definition) is 5. The highest BCUT2D eigenvalue weighted by Gasteiger charge is 2.21. The molecule has 3 aromatic rings. The van der Waals surface area contributed by atoms with Crippen molar-refractivity contribution in [1.29, 1.82) is 0 Å². The number of carbonyl (C=O) groups is 3. The van der Waals surface area contributed by atoms with Crippen LogP contribution in [0.15, 0.2) is 66.7 Å². The first-order chi connectivity index (χ1) is 15.9. The van der Waals surface area contributed by atoms with Crippen LogP contribution in [0.5, 0.6) is 5.75 Å². The maximum atomic E-state index is 13.6. The Bertz CT molecular complexity index is 1250. The number of benzene rings is 3. The highest BCUT2D eigenvalue weighted by molar-refractivity contribution is 6.06. The van der Waals surface area contributed by atoms with Gasteiger partial charge in [-0.3, -0.25) is 9.59 Å². The Morgan fingerprint density at radius 1 is 1.03 bits per heavy atom. The molecule has 8 heteroatoms. The number of halogens is 2. The van der Waals surface area contributed by atoms with Gasteiger partial charge < -0.3 is 14.8 Å². The summed E-state index contributed by atoms with van der Waals surface area (Å²) in [7, 11) is 0. The average Bonchev–Trinajstić information content (AvgIpc) is 3.17. The molecule has 0 fully saturated rings. The normalized spacial score (nSPS) is 12.4. The molecule has 0 spiro atoms. The molecular formula is C25H17F2NO5. The third-order valence-electron chi connectivity index (χ3n) is 4.88. The fourth-order valence-electron chi connectivity index (χ4n) is 3.20. The lowest BCUT2D eigenvalue weighted by atomic mass is 10.1. The molecule has 0 radical (unpaired) electrons. The summed E-state index contributed by atoms with van der Waals surface area (Å²) in [6.07, 6.45) is 2.17. The van der Waals surface area contributed by atoms with E-state index in [-0.39, 0.29) is 30.3 Å². The van der Waals surface area contributed by atoms with Gasteiger partial charge >= 0.3 is 5.97 Å². The maximum Gasteiger partial charge on any atom is 0.338 e. The summed E-state index contributed by atoms with van der Waals surface area (Å²) < 4.78 is 37.6. The second kappa shape index (κ2) is 9.44. The molecule has 1 aliphatic heterocycles. The summed E-state index contributed by atoms with van der Waals surface area (Å²) in [5, 5.41) is 2.67. The highest BCUT2D eigenvalue weighted by Crippen LogP contribution is 2.23. The van der Waals surface area contributed by atoms with Crippen LogP contribution in [0.2, 0.25) is 0 Å². The second-order valence-electron chi connectivity index (χ2n) is 7.14. The second-order valence-corrected chi connectivity index (χ2v) is 7.14. The molecule has 4 rings (SSSR count). The Hall–Kier alpha value is -4.33. The van der Waals surface area contributed by atoms with Crippen LogP contribution in [-0.4, -0.2) is 24.3 Å². The lowest BCUT2D eigenvalue weighted by molar-refractivity contribution is -0.118. The Morgan fingerprint density at radius 3 is 2.48 bits per heavy atom. The van der Waals surface area contributed by atoms with Gasteiger partial charge in [-0.25, -0.2) is 13.6 Å². The van der Waals surface area contributed by atoms with Crippen molar-refractivity contribution in [3.8, 4) is 5.75 Å². The molecule has 33 heavy (non-hydrogen) atoms. The van der Waals surface area contributed by atoms with E-state index in [0.717, 1.165) is 24.3 Å². The molecule has 6 nitrogen and oxygen atoms in total. The van der Waals surface area contributed by atoms with Crippen LogP contribution in [0, 0.1) is 11.6 Å². The van der Waals surface area contributed by atoms with Crippen LogP contribution in [-0.2, 0) is 16.1 Å². The first-order valence-electron chi connectivity index (χ1n) is 9.90. The van der Waals surface area contributed by atoms with Gasteiger partial charge in [-0.15, -0.1) is 0 Å². The van der Waals surface area contributed by atoms with Crippen LogP contribution in [0.25, 0.3) is 6.08 Å². The maximum absolute atomic E-state index is 13.6. The van der Waals surface area contributed by atoms with Gasteiger partial charge in [-0.1, -0.05) is 6.07 Å². The standard InChI is InChI=1S/C25H17F2NO5/c26-21-2-1-3-22(27)20(21)10-11-23(29)15-4-7-18(8-5-15)32-14-24(30)28-17-6-9-19-16(12-17)13-33-25(19)31/h1-12H,13-14H2,(H,28,30)/b11-10+. The molecule has 0 aliphatic carbocycles. The number of ether oxygens (including phenoxy) is 2. The molecule has 0 saturated carbocycles. The molecule has 0 aromatic heterocycles. The quantitative estimate of drug-likeness (QED) is 0.325. The summed E-state index contributed by atoms with van der Waals surface area (Å²) in [6, 6.07) is 14.3. The molecule has 166 valence electrons. The number of fused-ring (bicyclic) bond motifs is 1. The van der Waals surface area contributed by atoms with Crippen molar-refractivity contribution in [3.63, 3.8) is 0 Å². The Balaban J connectivity index is 1.31. The summed E-state index contributed by atoms with van der Waals surface area (Å²) in [5.41, 5.74) is 1.69. The van der Waals surface area contributed by atoms with Crippen molar-refractivity contribution in [1.82, 2.24) is 0 Å². The Labute approximate surface area is 187 Å². The summed E-state index contributed by atoms with van der Waals surface area (Å²) in [5.74, 6) is -2.40. The van der Waals surface area contributed by atoms with Gasteiger partial charge in [0.1, 0.15) is 24.0 Å². The van der Waals surface area contributed by atoms with Crippen molar-refractivity contribution in [2.24, 2.45) is 0 Å². The predicted molar refractivity (Wildman–Crippen MR) is 116 cm³/mol. The van der Waals surface area contributed by atoms with E-state index in [0.29, 0.717) is 22.6 Å². The van der Waals surface area contributed by atoms with E-state index in [4.69, 9.17) is 9.47 Å². The third-order valence-corrected chi connectivity index (χ3v) is 4.88. The number of esters is 1. The zero-order valence-electron chi connectivity index (χ0n) is 17.1. The third kappa shape index (κ3) is 5.12. The van der Waals surface area contributed by atoms with Gasteiger partial charge in [0.15, 0.2) is 12.4 Å². The molecule has 1 aliphatic rings.